The maximum Gasteiger partial charge on any atom is 0.223 e. The minimum Gasteiger partial charge on any atom is -0.369 e. The minimum absolute atomic E-state index is 0.0313. The third-order valence-corrected chi connectivity index (χ3v) is 12.4. The lowest BCUT2D eigenvalue weighted by atomic mass is 9.34. The molecule has 0 aliphatic heterocycles. The normalized spacial score (nSPS) is 46.7. The Kier molecular flexibility index (Phi) is 5.09. The molecule has 7 atom stereocenters. The second-order valence-corrected chi connectivity index (χ2v) is 14.8. The maximum atomic E-state index is 14.3. The summed E-state index contributed by atoms with van der Waals surface area (Å²) in [5, 5.41) is 9.84. The van der Waals surface area contributed by atoms with Crippen LogP contribution in [-0.4, -0.2) is 17.5 Å². The molecular formula is C31H42N2O3. The number of nitrogens with zero attached hydrogens (tertiary/aromatic N) is 1. The molecule has 194 valence electrons. The summed E-state index contributed by atoms with van der Waals surface area (Å²) in [5.41, 5.74) is 5.10. The largest absolute Gasteiger partial charge is 0.369 e. The number of nitrogens with two attached hydrogens (primary N) is 1. The molecule has 0 heterocycles. The van der Waals surface area contributed by atoms with Gasteiger partial charge >= 0.3 is 0 Å². The number of Topliss-reactive ketones (excluding diaryl/α,β-unsaturated/α-hetero) is 1. The molecule has 0 aromatic rings. The van der Waals surface area contributed by atoms with E-state index in [1.807, 2.05) is 26.0 Å². The van der Waals surface area contributed by atoms with Gasteiger partial charge in [-0.25, -0.2) is 0 Å². The van der Waals surface area contributed by atoms with E-state index in [4.69, 9.17) is 5.73 Å². The Morgan fingerprint density at radius 2 is 1.64 bits per heavy atom. The van der Waals surface area contributed by atoms with E-state index in [0.717, 1.165) is 50.5 Å². The number of hydrogen-bond donors (Lipinski definition) is 1. The fourth-order valence-corrected chi connectivity index (χ4v) is 10.1. The van der Waals surface area contributed by atoms with Gasteiger partial charge in [-0.1, -0.05) is 60.1 Å². The molecule has 5 aliphatic carbocycles. The van der Waals surface area contributed by atoms with Gasteiger partial charge in [0.15, 0.2) is 11.6 Å². The zero-order valence-electron chi connectivity index (χ0n) is 23.1. The molecule has 36 heavy (non-hydrogen) atoms. The Morgan fingerprint density at radius 1 is 1.00 bits per heavy atom. The van der Waals surface area contributed by atoms with Crippen molar-refractivity contribution in [3.05, 3.63) is 23.3 Å². The molecule has 0 saturated heterocycles. The first-order valence-corrected chi connectivity index (χ1v) is 13.7. The number of primary amides is 1. The molecule has 3 fully saturated rings. The average molecular weight is 491 g/mol. The van der Waals surface area contributed by atoms with Crippen LogP contribution in [0.1, 0.15) is 93.4 Å². The topological polar surface area (TPSA) is 101 Å². The van der Waals surface area contributed by atoms with Gasteiger partial charge in [-0.15, -0.1) is 0 Å². The average Bonchev–Trinajstić information content (AvgIpc) is 2.77. The lowest BCUT2D eigenvalue weighted by Gasteiger charge is -2.68. The maximum absolute atomic E-state index is 14.3. The smallest absolute Gasteiger partial charge is 0.223 e. The Hall–Kier alpha value is -2.22. The van der Waals surface area contributed by atoms with E-state index in [-0.39, 0.29) is 57.0 Å². The number of ketones is 2. The van der Waals surface area contributed by atoms with Crippen LogP contribution in [0.25, 0.3) is 0 Å². The zero-order valence-corrected chi connectivity index (χ0v) is 23.1. The highest BCUT2D eigenvalue weighted by molar-refractivity contribution is 6.04. The summed E-state index contributed by atoms with van der Waals surface area (Å²) < 4.78 is 0. The fraction of sp³-hybridized carbons (Fsp3) is 0.742. The quantitative estimate of drug-likeness (QED) is 0.510. The summed E-state index contributed by atoms with van der Waals surface area (Å²) in [6.45, 7) is 15.2. The standard InChI is InChI=1S/C31H42N2O3/c1-26(2)10-12-31(25(33)36)13-11-30(7)23(19(31)16-26)20(34)14-22-28(5)15-18(17-32)24(35)27(3,4)21(28)8-9-29(22,30)6/h14-15,19,21,23H,8-13,16H2,1-7H3,(H2,33,36)/t19-,21-,23-,28-,29?,30+,31-/m0/s1. The van der Waals surface area contributed by atoms with Crippen LogP contribution in [0.2, 0.25) is 0 Å². The number of carbonyl (C=O) groups excluding carboxylic acids is 3. The van der Waals surface area contributed by atoms with Crippen molar-refractivity contribution in [1.29, 1.82) is 5.26 Å². The Bertz CT molecular complexity index is 1180. The van der Waals surface area contributed by atoms with Gasteiger partial charge in [-0.2, -0.15) is 5.26 Å². The molecule has 5 nitrogen and oxygen atoms in total. The first kappa shape index (κ1) is 25.4. The van der Waals surface area contributed by atoms with Crippen molar-refractivity contribution in [2.45, 2.75) is 93.4 Å². The van der Waals surface area contributed by atoms with Crippen molar-refractivity contribution < 1.29 is 14.4 Å². The van der Waals surface area contributed by atoms with Gasteiger partial charge in [0, 0.05) is 16.7 Å². The van der Waals surface area contributed by atoms with Gasteiger partial charge in [-0.3, -0.25) is 14.4 Å². The van der Waals surface area contributed by atoms with Crippen molar-refractivity contribution in [3.8, 4) is 6.07 Å². The first-order valence-electron chi connectivity index (χ1n) is 13.7. The molecule has 0 radical (unpaired) electrons. The van der Waals surface area contributed by atoms with E-state index >= 15 is 0 Å². The fourth-order valence-electron chi connectivity index (χ4n) is 10.1. The van der Waals surface area contributed by atoms with Crippen LogP contribution < -0.4 is 5.73 Å². The first-order chi connectivity index (χ1) is 16.5. The number of amides is 1. The zero-order chi connectivity index (χ0) is 26.7. The van der Waals surface area contributed by atoms with Crippen LogP contribution in [0.15, 0.2) is 23.3 Å². The third kappa shape index (κ3) is 2.85. The number of hydrogen-bond acceptors (Lipinski definition) is 4. The second kappa shape index (κ2) is 7.21. The van der Waals surface area contributed by atoms with Crippen molar-refractivity contribution >= 4 is 17.5 Å². The Morgan fingerprint density at radius 3 is 2.25 bits per heavy atom. The molecular weight excluding hydrogens is 448 g/mol. The Balaban J connectivity index is 1.71. The molecule has 5 rings (SSSR count). The van der Waals surface area contributed by atoms with Gasteiger partial charge in [0.25, 0.3) is 0 Å². The summed E-state index contributed by atoms with van der Waals surface area (Å²) >= 11 is 0. The Labute approximate surface area is 215 Å². The number of nitriles is 1. The van der Waals surface area contributed by atoms with E-state index in [1.54, 1.807) is 0 Å². The summed E-state index contributed by atoms with van der Waals surface area (Å²) in [6, 6.07) is 2.16. The van der Waals surface area contributed by atoms with Crippen LogP contribution in [0, 0.1) is 61.6 Å². The van der Waals surface area contributed by atoms with Crippen LogP contribution in [-0.2, 0) is 14.4 Å². The predicted octanol–water partition coefficient (Wildman–Crippen LogP) is 5.69. The predicted molar refractivity (Wildman–Crippen MR) is 138 cm³/mol. The number of carbonyl (C=O) groups is 3. The minimum atomic E-state index is -0.668. The van der Waals surface area contributed by atoms with Crippen LogP contribution in [0.4, 0.5) is 0 Å². The van der Waals surface area contributed by atoms with Gasteiger partial charge in [0.2, 0.25) is 5.91 Å². The van der Waals surface area contributed by atoms with Crippen molar-refractivity contribution in [1.82, 2.24) is 0 Å². The molecule has 5 aliphatic rings. The molecule has 0 bridgehead atoms. The van der Waals surface area contributed by atoms with Crippen molar-refractivity contribution in [2.75, 3.05) is 0 Å². The van der Waals surface area contributed by atoms with Gasteiger partial charge in [0.1, 0.15) is 6.07 Å². The van der Waals surface area contributed by atoms with Crippen LogP contribution in [0.3, 0.4) is 0 Å². The molecule has 5 heteroatoms. The van der Waals surface area contributed by atoms with Gasteiger partial charge in [0.05, 0.1) is 11.0 Å². The molecule has 3 saturated carbocycles. The summed E-state index contributed by atoms with van der Waals surface area (Å²) in [6.07, 6.45) is 9.59. The molecule has 1 amide bonds. The molecule has 2 N–H and O–H groups in total. The van der Waals surface area contributed by atoms with E-state index in [9.17, 15) is 19.6 Å². The highest BCUT2D eigenvalue weighted by Gasteiger charge is 2.70. The molecule has 0 spiro atoms. The second-order valence-electron chi connectivity index (χ2n) is 14.8. The van der Waals surface area contributed by atoms with E-state index in [0.29, 0.717) is 0 Å². The molecule has 0 aromatic carbocycles. The number of allylic oxidation sites excluding steroid dienone is 4. The third-order valence-electron chi connectivity index (χ3n) is 12.4. The van der Waals surface area contributed by atoms with E-state index in [2.05, 4.69) is 40.7 Å². The van der Waals surface area contributed by atoms with Crippen molar-refractivity contribution in [2.24, 2.45) is 56.0 Å². The van der Waals surface area contributed by atoms with E-state index < -0.39 is 16.2 Å². The SMILES string of the molecule is CC1(C)CC[C@]2(C(N)=O)CC[C@]3(C)[C@H](C(=O)C=C4C3(C)CC[C@H]3C(C)(C)C(=O)C(C#N)=C[C@]43C)[C@@H]2C1. The lowest BCUT2D eigenvalue weighted by Crippen LogP contribution is -2.66. The highest BCUT2D eigenvalue weighted by atomic mass is 16.1. The summed E-state index contributed by atoms with van der Waals surface area (Å²) in [7, 11) is 0. The van der Waals surface area contributed by atoms with Crippen molar-refractivity contribution in [3.63, 3.8) is 0 Å². The van der Waals surface area contributed by atoms with Crippen LogP contribution >= 0.6 is 0 Å². The monoisotopic (exact) mass is 490 g/mol. The lowest BCUT2D eigenvalue weighted by molar-refractivity contribution is -0.176. The van der Waals surface area contributed by atoms with Gasteiger partial charge < -0.3 is 5.73 Å². The van der Waals surface area contributed by atoms with Crippen LogP contribution in [0.5, 0.6) is 0 Å². The summed E-state index contributed by atoms with van der Waals surface area (Å²) in [4.78, 5) is 40.4. The molecule has 0 aromatic heterocycles. The molecule has 1 unspecified atom stereocenters. The number of rotatable bonds is 1. The summed E-state index contributed by atoms with van der Waals surface area (Å²) in [5.74, 6) is -0.478. The number of fused-ring (bicyclic) bond motifs is 7. The van der Waals surface area contributed by atoms with E-state index in [1.165, 1.54) is 0 Å². The highest BCUT2D eigenvalue weighted by Crippen LogP contribution is 2.74. The van der Waals surface area contributed by atoms with Gasteiger partial charge in [-0.05, 0) is 79.1 Å².